The third kappa shape index (κ3) is 6.17. The summed E-state index contributed by atoms with van der Waals surface area (Å²) in [7, 11) is -3.48. The molecule has 1 aromatic rings. The highest BCUT2D eigenvalue weighted by Crippen LogP contribution is 2.47. The van der Waals surface area contributed by atoms with E-state index in [2.05, 4.69) is 10.0 Å². The van der Waals surface area contributed by atoms with Gasteiger partial charge in [-0.05, 0) is 68.6 Å². The lowest BCUT2D eigenvalue weighted by Gasteiger charge is -2.20. The number of carbonyl (C=O) groups excluding carboxylic acids is 2. The van der Waals surface area contributed by atoms with Crippen LogP contribution in [0.15, 0.2) is 36.4 Å². The first-order chi connectivity index (χ1) is 14.9. The van der Waals surface area contributed by atoms with E-state index in [1.165, 1.54) is 12.8 Å². The standard InChI is InChI=1S/C23H30N2O5S/c26-21-11-10-18(22(27)24-21)5-2-1-3-14-31(28,29)25-23(12-13-23)19-6-4-7-20(15-19)30-16-17-8-9-17/h1,3-4,6-7,15,17-18,25H,2,5,8-14,16H2,(H,24,26,27)/b3-1+. The molecule has 1 heterocycles. The molecule has 2 N–H and O–H groups in total. The van der Waals surface area contributed by atoms with Crippen molar-refractivity contribution in [2.24, 2.45) is 11.8 Å². The van der Waals surface area contributed by atoms with Gasteiger partial charge < -0.3 is 4.74 Å². The van der Waals surface area contributed by atoms with Crippen molar-refractivity contribution in [3.05, 3.63) is 42.0 Å². The van der Waals surface area contributed by atoms with E-state index in [4.69, 9.17) is 4.74 Å². The number of imide groups is 1. The highest BCUT2D eigenvalue weighted by molar-refractivity contribution is 7.89. The maximum absolute atomic E-state index is 12.6. The van der Waals surface area contributed by atoms with E-state index in [-0.39, 0.29) is 23.5 Å². The topological polar surface area (TPSA) is 102 Å². The molecule has 7 nitrogen and oxygen atoms in total. The lowest BCUT2D eigenvalue weighted by molar-refractivity contribution is -0.136. The molecule has 2 aliphatic carbocycles. The number of hydrogen-bond donors (Lipinski definition) is 2. The Morgan fingerprint density at radius 1 is 1.16 bits per heavy atom. The largest absolute Gasteiger partial charge is 0.493 e. The Bertz CT molecular complexity index is 964. The zero-order chi connectivity index (χ0) is 21.9. The predicted octanol–water partition coefficient (Wildman–Crippen LogP) is 2.77. The second kappa shape index (κ2) is 9.12. The van der Waals surface area contributed by atoms with Crippen LogP contribution in [0.25, 0.3) is 0 Å². The Balaban J connectivity index is 1.26. The lowest BCUT2D eigenvalue weighted by atomic mass is 9.93. The van der Waals surface area contributed by atoms with Crippen LogP contribution in [0, 0.1) is 11.8 Å². The molecule has 4 rings (SSSR count). The van der Waals surface area contributed by atoms with Crippen molar-refractivity contribution in [2.75, 3.05) is 12.4 Å². The van der Waals surface area contributed by atoms with E-state index in [0.717, 1.165) is 30.8 Å². The normalized spacial score (nSPS) is 23.0. The van der Waals surface area contributed by atoms with Gasteiger partial charge in [0.25, 0.3) is 0 Å². The molecule has 1 aromatic carbocycles. The van der Waals surface area contributed by atoms with E-state index < -0.39 is 15.6 Å². The van der Waals surface area contributed by atoms with E-state index in [0.29, 0.717) is 31.6 Å². The number of rotatable bonds is 11. The van der Waals surface area contributed by atoms with Crippen molar-refractivity contribution >= 4 is 21.8 Å². The maximum Gasteiger partial charge on any atom is 0.229 e. The molecule has 2 amide bonds. The average Bonchev–Trinajstić information content (AvgIpc) is 3.64. The highest BCUT2D eigenvalue weighted by Gasteiger charge is 2.47. The molecule has 1 unspecified atom stereocenters. The predicted molar refractivity (Wildman–Crippen MR) is 117 cm³/mol. The third-order valence-corrected chi connectivity index (χ3v) is 7.52. The molecule has 0 spiro atoms. The molecule has 2 saturated carbocycles. The van der Waals surface area contributed by atoms with Gasteiger partial charge in [0.1, 0.15) is 5.75 Å². The Morgan fingerprint density at radius 3 is 2.68 bits per heavy atom. The number of ether oxygens (including phenoxy) is 1. The molecule has 3 aliphatic rings. The molecule has 8 heteroatoms. The molecule has 3 fully saturated rings. The summed E-state index contributed by atoms with van der Waals surface area (Å²) >= 11 is 0. The number of hydrogen-bond acceptors (Lipinski definition) is 5. The number of benzene rings is 1. The minimum absolute atomic E-state index is 0.0953. The molecule has 1 atom stereocenters. The van der Waals surface area contributed by atoms with Crippen molar-refractivity contribution in [3.63, 3.8) is 0 Å². The van der Waals surface area contributed by atoms with Crippen LogP contribution in [0.5, 0.6) is 5.75 Å². The van der Waals surface area contributed by atoms with E-state index in [1.807, 2.05) is 24.3 Å². The van der Waals surface area contributed by atoms with Gasteiger partial charge in [-0.2, -0.15) is 0 Å². The zero-order valence-electron chi connectivity index (χ0n) is 17.6. The van der Waals surface area contributed by atoms with Gasteiger partial charge in [0.05, 0.1) is 17.9 Å². The fraction of sp³-hybridized carbons (Fsp3) is 0.565. The molecular formula is C23H30N2O5S. The van der Waals surface area contributed by atoms with Gasteiger partial charge in [-0.25, -0.2) is 13.1 Å². The summed E-state index contributed by atoms with van der Waals surface area (Å²) < 4.78 is 34.0. The van der Waals surface area contributed by atoms with Crippen molar-refractivity contribution in [3.8, 4) is 5.75 Å². The Morgan fingerprint density at radius 2 is 1.97 bits per heavy atom. The summed E-state index contributed by atoms with van der Waals surface area (Å²) in [5.74, 6) is 0.742. The smallest absolute Gasteiger partial charge is 0.229 e. The van der Waals surface area contributed by atoms with Crippen molar-refractivity contribution in [1.29, 1.82) is 0 Å². The molecule has 168 valence electrons. The molecule has 1 saturated heterocycles. The number of sulfonamides is 1. The molecule has 0 radical (unpaired) electrons. The van der Waals surface area contributed by atoms with Crippen LogP contribution in [0.4, 0.5) is 0 Å². The third-order valence-electron chi connectivity index (χ3n) is 6.19. The van der Waals surface area contributed by atoms with Crippen molar-refractivity contribution < 1.29 is 22.7 Å². The zero-order valence-corrected chi connectivity index (χ0v) is 18.5. The summed E-state index contributed by atoms with van der Waals surface area (Å²) in [4.78, 5) is 22.9. The first kappa shape index (κ1) is 22.0. The minimum atomic E-state index is -3.48. The average molecular weight is 447 g/mol. The van der Waals surface area contributed by atoms with Gasteiger partial charge in [0, 0.05) is 12.3 Å². The molecule has 31 heavy (non-hydrogen) atoms. The van der Waals surface area contributed by atoms with Gasteiger partial charge in [-0.15, -0.1) is 0 Å². The number of amides is 2. The van der Waals surface area contributed by atoms with Gasteiger partial charge >= 0.3 is 0 Å². The molecule has 0 bridgehead atoms. The van der Waals surface area contributed by atoms with E-state index in [9.17, 15) is 18.0 Å². The minimum Gasteiger partial charge on any atom is -0.493 e. The van der Waals surface area contributed by atoms with Gasteiger partial charge in [-0.1, -0.05) is 24.3 Å². The maximum atomic E-state index is 12.6. The van der Waals surface area contributed by atoms with Crippen LogP contribution in [-0.4, -0.2) is 32.6 Å². The molecule has 1 aliphatic heterocycles. The fourth-order valence-electron chi connectivity index (χ4n) is 3.92. The van der Waals surface area contributed by atoms with Crippen molar-refractivity contribution in [2.45, 2.75) is 56.9 Å². The van der Waals surface area contributed by atoms with Gasteiger partial charge in [-0.3, -0.25) is 14.9 Å². The molecular weight excluding hydrogens is 416 g/mol. The van der Waals surface area contributed by atoms with Crippen LogP contribution < -0.4 is 14.8 Å². The first-order valence-electron chi connectivity index (χ1n) is 11.1. The van der Waals surface area contributed by atoms with Crippen LogP contribution >= 0.6 is 0 Å². The fourth-order valence-corrected chi connectivity index (χ4v) is 5.31. The number of nitrogens with one attached hydrogen (secondary N) is 2. The van der Waals surface area contributed by atoms with E-state index >= 15 is 0 Å². The second-order valence-electron chi connectivity index (χ2n) is 8.94. The summed E-state index contributed by atoms with van der Waals surface area (Å²) in [5.41, 5.74) is 0.421. The van der Waals surface area contributed by atoms with Crippen LogP contribution in [0.2, 0.25) is 0 Å². The number of piperidine rings is 1. The summed E-state index contributed by atoms with van der Waals surface area (Å²) in [6.45, 7) is 0.728. The van der Waals surface area contributed by atoms with Gasteiger partial charge in [0.2, 0.25) is 21.8 Å². The Hall–Kier alpha value is -2.19. The van der Waals surface area contributed by atoms with Crippen LogP contribution in [-0.2, 0) is 25.2 Å². The molecule has 0 aromatic heterocycles. The van der Waals surface area contributed by atoms with Gasteiger partial charge in [0.15, 0.2) is 0 Å². The van der Waals surface area contributed by atoms with Crippen molar-refractivity contribution in [1.82, 2.24) is 10.0 Å². The SMILES string of the molecule is O=C1CCC(CC/C=C/CS(=O)(=O)NC2(c3cccc(OCC4CC4)c3)CC2)C(=O)N1. The summed E-state index contributed by atoms with van der Waals surface area (Å²) in [6.07, 6.45) is 9.59. The lowest BCUT2D eigenvalue weighted by Crippen LogP contribution is -2.40. The quantitative estimate of drug-likeness (QED) is 0.402. The first-order valence-corrected chi connectivity index (χ1v) is 12.7. The summed E-state index contributed by atoms with van der Waals surface area (Å²) in [5, 5.41) is 2.35. The highest BCUT2D eigenvalue weighted by atomic mass is 32.2. The van der Waals surface area contributed by atoms with Crippen LogP contribution in [0.1, 0.15) is 56.9 Å². The monoisotopic (exact) mass is 446 g/mol. The Labute approximate surface area is 183 Å². The number of carbonyl (C=O) groups is 2. The van der Waals surface area contributed by atoms with E-state index in [1.54, 1.807) is 12.2 Å². The Kier molecular flexibility index (Phi) is 6.48. The number of allylic oxidation sites excluding steroid dienone is 1. The second-order valence-corrected chi connectivity index (χ2v) is 10.7. The van der Waals surface area contributed by atoms with Crippen LogP contribution in [0.3, 0.4) is 0 Å². The summed E-state index contributed by atoms with van der Waals surface area (Å²) in [6, 6.07) is 7.74.